The Morgan fingerprint density at radius 3 is 2.41 bits per heavy atom. The molecule has 0 bridgehead atoms. The van der Waals surface area contributed by atoms with Crippen molar-refractivity contribution in [1.29, 1.82) is 0 Å². The molecule has 0 aliphatic carbocycles. The third-order valence-corrected chi connectivity index (χ3v) is 6.81. The Labute approximate surface area is 204 Å². The van der Waals surface area contributed by atoms with Gasteiger partial charge in [0, 0.05) is 42.8 Å². The van der Waals surface area contributed by atoms with Gasteiger partial charge in [0.15, 0.2) is 5.82 Å². The van der Waals surface area contributed by atoms with Gasteiger partial charge in [0.1, 0.15) is 5.69 Å². The minimum Gasteiger partial charge on any atom is -0.364 e. The van der Waals surface area contributed by atoms with Crippen molar-refractivity contribution in [1.82, 2.24) is 19.5 Å². The molecule has 0 saturated carbocycles. The summed E-state index contributed by atoms with van der Waals surface area (Å²) in [4.78, 5) is 22.9. The summed E-state index contributed by atoms with van der Waals surface area (Å²) in [5.41, 5.74) is 3.70. The van der Waals surface area contributed by atoms with Crippen molar-refractivity contribution in [2.24, 2.45) is 0 Å². The first-order valence-electron chi connectivity index (χ1n) is 11.6. The van der Waals surface area contributed by atoms with E-state index in [9.17, 15) is 4.79 Å². The monoisotopic (exact) mass is 474 g/mol. The molecule has 2 aromatic heterocycles. The molecule has 8 heteroatoms. The van der Waals surface area contributed by atoms with Crippen LogP contribution in [0.15, 0.2) is 54.6 Å². The molecule has 0 atom stereocenters. The summed E-state index contributed by atoms with van der Waals surface area (Å²) in [6, 6.07) is 18.0. The van der Waals surface area contributed by atoms with Gasteiger partial charge < -0.3 is 15.1 Å². The van der Waals surface area contributed by atoms with E-state index in [1.807, 2.05) is 58.8 Å². The highest BCUT2D eigenvalue weighted by molar-refractivity contribution is 7.20. The molecule has 1 saturated heterocycles. The van der Waals surface area contributed by atoms with E-state index >= 15 is 0 Å². The average Bonchev–Trinajstić information content (AvgIpc) is 3.38. The number of benzene rings is 2. The Bertz CT molecular complexity index is 1310. The van der Waals surface area contributed by atoms with Crippen molar-refractivity contribution in [2.75, 3.05) is 36.4 Å². The fourth-order valence-corrected chi connectivity index (χ4v) is 5.15. The highest BCUT2D eigenvalue weighted by Gasteiger charge is 2.27. The van der Waals surface area contributed by atoms with Crippen LogP contribution in [0.4, 0.5) is 10.9 Å². The summed E-state index contributed by atoms with van der Waals surface area (Å²) < 4.78 is 1.93. The number of piperazine rings is 1. The SMILES string of the molecule is Cc1cccc(C(=O)N2CCN(c3nn4c(NC(C)(C)C)c(-c5ccccc5)nc4s3)CC2)c1. The summed E-state index contributed by atoms with van der Waals surface area (Å²) in [6.07, 6.45) is 0. The average molecular weight is 475 g/mol. The molecule has 2 aromatic carbocycles. The highest BCUT2D eigenvalue weighted by Crippen LogP contribution is 2.35. The highest BCUT2D eigenvalue weighted by atomic mass is 32.1. The van der Waals surface area contributed by atoms with Gasteiger partial charge in [-0.15, -0.1) is 5.10 Å². The second-order valence-electron chi connectivity index (χ2n) is 9.78. The first-order chi connectivity index (χ1) is 16.3. The molecule has 1 N–H and O–H groups in total. The molecule has 1 fully saturated rings. The molecular formula is C26H30N6OS. The lowest BCUT2D eigenvalue weighted by molar-refractivity contribution is 0.0746. The van der Waals surface area contributed by atoms with E-state index < -0.39 is 0 Å². The van der Waals surface area contributed by atoms with E-state index in [0.29, 0.717) is 13.1 Å². The zero-order valence-corrected chi connectivity index (χ0v) is 20.9. The summed E-state index contributed by atoms with van der Waals surface area (Å²) in [6.45, 7) is 11.3. The van der Waals surface area contributed by atoms with Crippen LogP contribution >= 0.6 is 11.3 Å². The number of hydrogen-bond donors (Lipinski definition) is 1. The fourth-order valence-electron chi connectivity index (χ4n) is 4.19. The summed E-state index contributed by atoms with van der Waals surface area (Å²) >= 11 is 1.59. The fraction of sp³-hybridized carbons (Fsp3) is 0.346. The normalized spacial score (nSPS) is 14.6. The molecule has 0 radical (unpaired) electrons. The first-order valence-corrected chi connectivity index (χ1v) is 12.4. The smallest absolute Gasteiger partial charge is 0.253 e. The van der Waals surface area contributed by atoms with E-state index in [0.717, 1.165) is 51.4 Å². The second-order valence-corrected chi connectivity index (χ2v) is 10.7. The van der Waals surface area contributed by atoms with Crippen molar-refractivity contribution in [3.63, 3.8) is 0 Å². The molecule has 1 amide bonds. The van der Waals surface area contributed by atoms with Gasteiger partial charge in [-0.05, 0) is 39.8 Å². The third kappa shape index (κ3) is 4.50. The van der Waals surface area contributed by atoms with Gasteiger partial charge in [0.05, 0.1) is 0 Å². The molecule has 1 aliphatic heterocycles. The van der Waals surface area contributed by atoms with Crippen LogP contribution in [0.2, 0.25) is 0 Å². The number of imidazole rings is 1. The number of anilines is 2. The lowest BCUT2D eigenvalue weighted by Gasteiger charge is -2.34. The maximum atomic E-state index is 12.9. The number of aryl methyl sites for hydroxylation is 1. The zero-order chi connectivity index (χ0) is 23.9. The minimum atomic E-state index is -0.134. The summed E-state index contributed by atoms with van der Waals surface area (Å²) in [5, 5.41) is 9.48. The van der Waals surface area contributed by atoms with Crippen LogP contribution in [-0.4, -0.2) is 57.1 Å². The molecule has 4 aromatic rings. The Balaban J connectivity index is 1.37. The number of carbonyl (C=O) groups excluding carboxylic acids is 1. The molecule has 5 rings (SSSR count). The van der Waals surface area contributed by atoms with E-state index in [4.69, 9.17) is 10.1 Å². The lowest BCUT2D eigenvalue weighted by Crippen LogP contribution is -2.48. The van der Waals surface area contributed by atoms with Crippen LogP contribution < -0.4 is 10.2 Å². The molecular weight excluding hydrogens is 444 g/mol. The van der Waals surface area contributed by atoms with Gasteiger partial charge in [-0.1, -0.05) is 59.4 Å². The van der Waals surface area contributed by atoms with Gasteiger partial charge in [0.25, 0.3) is 5.91 Å². The van der Waals surface area contributed by atoms with Crippen LogP contribution in [0.25, 0.3) is 16.2 Å². The predicted octanol–water partition coefficient (Wildman–Crippen LogP) is 4.94. The van der Waals surface area contributed by atoms with E-state index in [1.165, 1.54) is 0 Å². The Morgan fingerprint density at radius 2 is 1.74 bits per heavy atom. The number of amides is 1. The Morgan fingerprint density at radius 1 is 1.00 bits per heavy atom. The standard InChI is InChI=1S/C26H30N6OS/c1-18-9-8-12-20(17-18)23(33)30-13-15-31(16-14-30)25-29-32-22(28-26(2,3)4)21(27-24(32)34-25)19-10-6-5-7-11-19/h5-12,17,28H,13-16H2,1-4H3. The van der Waals surface area contributed by atoms with E-state index in [1.54, 1.807) is 11.3 Å². The zero-order valence-electron chi connectivity index (χ0n) is 20.1. The molecule has 34 heavy (non-hydrogen) atoms. The number of nitrogens with one attached hydrogen (secondary N) is 1. The van der Waals surface area contributed by atoms with Gasteiger partial charge in [-0.2, -0.15) is 4.52 Å². The topological polar surface area (TPSA) is 65.8 Å². The first kappa shape index (κ1) is 22.4. The van der Waals surface area contributed by atoms with Crippen LogP contribution in [-0.2, 0) is 0 Å². The number of nitrogens with zero attached hydrogens (tertiary/aromatic N) is 5. The molecule has 0 unspecified atom stereocenters. The lowest BCUT2D eigenvalue weighted by atomic mass is 10.1. The van der Waals surface area contributed by atoms with Crippen LogP contribution in [0.5, 0.6) is 0 Å². The predicted molar refractivity (Wildman–Crippen MR) is 139 cm³/mol. The van der Waals surface area contributed by atoms with Crippen molar-refractivity contribution in [2.45, 2.75) is 33.2 Å². The number of rotatable bonds is 4. The maximum absolute atomic E-state index is 12.9. The van der Waals surface area contributed by atoms with Crippen LogP contribution in [0, 0.1) is 6.92 Å². The van der Waals surface area contributed by atoms with E-state index in [2.05, 4.69) is 43.1 Å². The van der Waals surface area contributed by atoms with Crippen molar-refractivity contribution in [3.05, 3.63) is 65.7 Å². The Kier molecular flexibility index (Phi) is 5.77. The van der Waals surface area contributed by atoms with Gasteiger partial charge >= 0.3 is 0 Å². The molecule has 7 nitrogen and oxygen atoms in total. The minimum absolute atomic E-state index is 0.0986. The van der Waals surface area contributed by atoms with Crippen molar-refractivity contribution >= 4 is 33.2 Å². The second kappa shape index (κ2) is 8.76. The molecule has 0 spiro atoms. The van der Waals surface area contributed by atoms with Crippen LogP contribution in [0.3, 0.4) is 0 Å². The number of carbonyl (C=O) groups is 1. The van der Waals surface area contributed by atoms with Crippen LogP contribution in [0.1, 0.15) is 36.7 Å². The molecule has 3 heterocycles. The Hall–Kier alpha value is -3.39. The number of aromatic nitrogens is 3. The summed E-state index contributed by atoms with van der Waals surface area (Å²) in [7, 11) is 0. The molecule has 1 aliphatic rings. The maximum Gasteiger partial charge on any atom is 0.253 e. The van der Waals surface area contributed by atoms with E-state index in [-0.39, 0.29) is 11.4 Å². The quantitative estimate of drug-likeness (QED) is 0.454. The molecule has 176 valence electrons. The van der Waals surface area contributed by atoms with Gasteiger partial charge in [-0.3, -0.25) is 4.79 Å². The third-order valence-electron chi connectivity index (χ3n) is 5.84. The summed E-state index contributed by atoms with van der Waals surface area (Å²) in [5.74, 6) is 1.01. The number of hydrogen-bond acceptors (Lipinski definition) is 6. The number of fused-ring (bicyclic) bond motifs is 1. The van der Waals surface area contributed by atoms with Gasteiger partial charge in [0.2, 0.25) is 10.1 Å². The largest absolute Gasteiger partial charge is 0.364 e. The van der Waals surface area contributed by atoms with Crippen molar-refractivity contribution in [3.8, 4) is 11.3 Å². The van der Waals surface area contributed by atoms with Gasteiger partial charge in [-0.25, -0.2) is 4.98 Å². The van der Waals surface area contributed by atoms with Crippen molar-refractivity contribution < 1.29 is 4.79 Å².